The molecule has 0 fully saturated rings. The summed E-state index contributed by atoms with van der Waals surface area (Å²) in [6, 6.07) is 8.45. The summed E-state index contributed by atoms with van der Waals surface area (Å²) in [6.07, 6.45) is 1.85. The largest absolute Gasteiger partial charge is 0.395 e. The lowest BCUT2D eigenvalue weighted by Gasteiger charge is -2.19. The first kappa shape index (κ1) is 21.1. The van der Waals surface area contributed by atoms with Gasteiger partial charge in [0, 0.05) is 53.9 Å². The van der Waals surface area contributed by atoms with Crippen LogP contribution >= 0.6 is 11.8 Å². The van der Waals surface area contributed by atoms with Crippen LogP contribution in [0.4, 0.5) is 5.69 Å². The van der Waals surface area contributed by atoms with Gasteiger partial charge in [-0.2, -0.15) is 5.10 Å². The lowest BCUT2D eigenvalue weighted by atomic mass is 10.1. The summed E-state index contributed by atoms with van der Waals surface area (Å²) in [5.74, 6) is 0. The lowest BCUT2D eigenvalue weighted by molar-refractivity contribution is 0.287. The van der Waals surface area contributed by atoms with E-state index in [1.165, 1.54) is 15.8 Å². The Bertz CT molecular complexity index is 1000. The van der Waals surface area contributed by atoms with E-state index in [2.05, 4.69) is 57.2 Å². The number of nitrogens with one attached hydrogen (secondary N) is 2. The number of anilines is 1. The molecular formula is C22H30N6OS. The molecule has 1 aromatic carbocycles. The van der Waals surface area contributed by atoms with Gasteiger partial charge in [0.2, 0.25) is 0 Å². The molecule has 0 radical (unpaired) electrons. The van der Waals surface area contributed by atoms with Crippen molar-refractivity contribution in [3.63, 3.8) is 0 Å². The molecule has 7 nitrogen and oxygen atoms in total. The normalized spacial score (nSPS) is 12.5. The van der Waals surface area contributed by atoms with E-state index in [1.807, 2.05) is 12.3 Å². The van der Waals surface area contributed by atoms with Gasteiger partial charge in [-0.05, 0) is 37.4 Å². The number of hydrogen-bond donors (Lipinski definition) is 3. The number of pyridine rings is 1. The average molecular weight is 427 g/mol. The summed E-state index contributed by atoms with van der Waals surface area (Å²) in [6.45, 7) is 10.7. The molecule has 0 aliphatic carbocycles. The van der Waals surface area contributed by atoms with Crippen LogP contribution in [0.1, 0.15) is 13.8 Å². The predicted molar refractivity (Wildman–Crippen MR) is 123 cm³/mol. The molecule has 0 saturated carbocycles. The maximum absolute atomic E-state index is 8.92. The van der Waals surface area contributed by atoms with Crippen molar-refractivity contribution in [1.29, 1.82) is 0 Å². The van der Waals surface area contributed by atoms with Gasteiger partial charge >= 0.3 is 0 Å². The Kier molecular flexibility index (Phi) is 6.89. The van der Waals surface area contributed by atoms with Gasteiger partial charge in [0.05, 0.1) is 18.7 Å². The second-order valence-electron chi connectivity index (χ2n) is 7.29. The van der Waals surface area contributed by atoms with Crippen LogP contribution in [0.2, 0.25) is 0 Å². The van der Waals surface area contributed by atoms with Crippen LogP contribution in [0.15, 0.2) is 40.4 Å². The average Bonchev–Trinajstić information content (AvgIpc) is 3.15. The van der Waals surface area contributed by atoms with Gasteiger partial charge in [-0.25, -0.2) is 4.98 Å². The SMILES string of the molecule is CCN(CC)CCn1nc2c3c(c(NCCNCCO)ccc31)Sc1ncccc1-2. The van der Waals surface area contributed by atoms with E-state index in [0.29, 0.717) is 6.54 Å². The summed E-state index contributed by atoms with van der Waals surface area (Å²) in [4.78, 5) is 8.24. The molecule has 3 aromatic rings. The molecule has 8 heteroatoms. The zero-order valence-electron chi connectivity index (χ0n) is 17.7. The number of benzene rings is 1. The molecule has 160 valence electrons. The highest BCUT2D eigenvalue weighted by atomic mass is 32.2. The van der Waals surface area contributed by atoms with Crippen molar-refractivity contribution in [3.8, 4) is 11.3 Å². The molecule has 3 heterocycles. The third-order valence-corrected chi connectivity index (χ3v) is 6.67. The standard InChI is InChI=1S/C22H30N6OS/c1-3-27(4-2)13-14-28-18-8-7-17(24-11-10-23-12-15-29)21-19(18)20(26-28)16-6-5-9-25-22(16)30-21/h5-9,23-24,29H,3-4,10-15H2,1-2H3. The van der Waals surface area contributed by atoms with Crippen LogP contribution in [-0.4, -0.2) is 70.6 Å². The first-order chi connectivity index (χ1) is 14.8. The third kappa shape index (κ3) is 4.18. The number of hydrogen-bond acceptors (Lipinski definition) is 7. The highest BCUT2D eigenvalue weighted by Gasteiger charge is 2.26. The molecule has 0 bridgehead atoms. The van der Waals surface area contributed by atoms with Crippen LogP contribution in [0.3, 0.4) is 0 Å². The van der Waals surface area contributed by atoms with E-state index in [0.717, 1.165) is 61.2 Å². The number of rotatable bonds is 11. The Morgan fingerprint density at radius 1 is 1.13 bits per heavy atom. The molecule has 0 atom stereocenters. The summed E-state index contributed by atoms with van der Waals surface area (Å²) in [5.41, 5.74) is 4.43. The fraction of sp³-hybridized carbons (Fsp3) is 0.455. The quantitative estimate of drug-likeness (QED) is 0.318. The van der Waals surface area contributed by atoms with Crippen LogP contribution in [-0.2, 0) is 6.54 Å². The number of aromatic nitrogens is 3. The van der Waals surface area contributed by atoms with Gasteiger partial charge < -0.3 is 20.6 Å². The summed E-state index contributed by atoms with van der Waals surface area (Å²) in [7, 11) is 0. The van der Waals surface area contributed by atoms with Crippen LogP contribution in [0.5, 0.6) is 0 Å². The predicted octanol–water partition coefficient (Wildman–Crippen LogP) is 2.90. The molecule has 0 unspecified atom stereocenters. The van der Waals surface area contributed by atoms with Gasteiger partial charge in [-0.1, -0.05) is 25.6 Å². The molecule has 2 aromatic heterocycles. The fourth-order valence-corrected chi connectivity index (χ4v) is 4.99. The third-order valence-electron chi connectivity index (χ3n) is 5.52. The van der Waals surface area contributed by atoms with Crippen LogP contribution in [0.25, 0.3) is 22.2 Å². The van der Waals surface area contributed by atoms with Gasteiger partial charge in [-0.3, -0.25) is 4.68 Å². The fourth-order valence-electron chi connectivity index (χ4n) is 3.86. The number of likely N-dealkylation sites (N-methyl/N-ethyl adjacent to an activating group) is 1. The highest BCUT2D eigenvalue weighted by Crippen LogP contribution is 2.49. The van der Waals surface area contributed by atoms with Gasteiger partial charge in [-0.15, -0.1) is 0 Å². The number of fused-ring (bicyclic) bond motifs is 2. The van der Waals surface area contributed by atoms with Crippen molar-refractivity contribution < 1.29 is 5.11 Å². The number of aliphatic hydroxyl groups excluding tert-OH is 1. The minimum Gasteiger partial charge on any atom is -0.395 e. The molecule has 1 aliphatic heterocycles. The topological polar surface area (TPSA) is 78.2 Å². The van der Waals surface area contributed by atoms with Crippen LogP contribution in [0, 0.1) is 0 Å². The van der Waals surface area contributed by atoms with Crippen molar-refractivity contribution in [2.75, 3.05) is 51.2 Å². The van der Waals surface area contributed by atoms with Crippen LogP contribution < -0.4 is 10.6 Å². The molecule has 0 spiro atoms. The van der Waals surface area contributed by atoms with E-state index in [1.54, 1.807) is 11.8 Å². The highest BCUT2D eigenvalue weighted by molar-refractivity contribution is 7.99. The minimum absolute atomic E-state index is 0.158. The zero-order valence-corrected chi connectivity index (χ0v) is 18.5. The summed E-state index contributed by atoms with van der Waals surface area (Å²) in [5, 5.41) is 22.9. The Balaban J connectivity index is 1.68. The van der Waals surface area contributed by atoms with Crippen molar-refractivity contribution in [2.45, 2.75) is 30.3 Å². The lowest BCUT2D eigenvalue weighted by Crippen LogP contribution is -2.27. The summed E-state index contributed by atoms with van der Waals surface area (Å²) < 4.78 is 2.15. The number of aliphatic hydroxyl groups is 1. The molecule has 3 N–H and O–H groups in total. The second-order valence-corrected chi connectivity index (χ2v) is 8.29. The maximum atomic E-state index is 8.92. The van der Waals surface area contributed by atoms with E-state index in [-0.39, 0.29) is 6.61 Å². The number of nitrogens with zero attached hydrogens (tertiary/aromatic N) is 4. The second kappa shape index (κ2) is 9.78. The van der Waals surface area contributed by atoms with Gasteiger partial charge in [0.1, 0.15) is 10.7 Å². The van der Waals surface area contributed by atoms with Crippen molar-refractivity contribution in [2.24, 2.45) is 0 Å². The Labute approximate surface area is 181 Å². The minimum atomic E-state index is 0.158. The maximum Gasteiger partial charge on any atom is 0.110 e. The van der Waals surface area contributed by atoms with Gasteiger partial charge in [0.15, 0.2) is 0 Å². The Hall–Kier alpha value is -2.13. The molecule has 0 saturated heterocycles. The summed E-state index contributed by atoms with van der Waals surface area (Å²) >= 11 is 1.72. The molecule has 1 aliphatic rings. The first-order valence-corrected chi connectivity index (χ1v) is 11.5. The molecule has 0 amide bonds. The van der Waals surface area contributed by atoms with Gasteiger partial charge in [0.25, 0.3) is 0 Å². The van der Waals surface area contributed by atoms with E-state index >= 15 is 0 Å². The molecular weight excluding hydrogens is 396 g/mol. The van der Waals surface area contributed by atoms with Crippen molar-refractivity contribution in [1.82, 2.24) is 25.0 Å². The first-order valence-electron chi connectivity index (χ1n) is 10.7. The van der Waals surface area contributed by atoms with E-state index in [9.17, 15) is 0 Å². The molecule has 4 rings (SSSR count). The molecule has 30 heavy (non-hydrogen) atoms. The van der Waals surface area contributed by atoms with Crippen molar-refractivity contribution in [3.05, 3.63) is 30.5 Å². The Morgan fingerprint density at radius 2 is 2.00 bits per heavy atom. The van der Waals surface area contributed by atoms with Crippen molar-refractivity contribution >= 4 is 28.4 Å². The Morgan fingerprint density at radius 3 is 2.80 bits per heavy atom. The zero-order chi connectivity index (χ0) is 20.9. The van der Waals surface area contributed by atoms with E-state index in [4.69, 9.17) is 10.2 Å². The van der Waals surface area contributed by atoms with E-state index < -0.39 is 0 Å². The smallest absolute Gasteiger partial charge is 0.110 e. The monoisotopic (exact) mass is 426 g/mol.